The van der Waals surface area contributed by atoms with Crippen LogP contribution >= 0.6 is 11.3 Å². The fourth-order valence-corrected chi connectivity index (χ4v) is 1.99. The molecule has 0 saturated carbocycles. The highest BCUT2D eigenvalue weighted by Crippen LogP contribution is 2.14. The smallest absolute Gasteiger partial charge is 0.336 e. The number of hydrogen-bond donors (Lipinski definition) is 3. The lowest BCUT2D eigenvalue weighted by molar-refractivity contribution is -0.137. The molecule has 1 aromatic rings. The van der Waals surface area contributed by atoms with Gasteiger partial charge < -0.3 is 15.5 Å². The number of hydrogen-bond acceptors (Lipinski definition) is 4. The Labute approximate surface area is 96.7 Å². The summed E-state index contributed by atoms with van der Waals surface area (Å²) < 4.78 is 0. The van der Waals surface area contributed by atoms with Gasteiger partial charge in [0.25, 0.3) is 0 Å². The topological polar surface area (TPSA) is 86.6 Å². The van der Waals surface area contributed by atoms with Crippen LogP contribution in [0.15, 0.2) is 11.4 Å². The number of carbonyl (C=O) groups is 2. The minimum atomic E-state index is -0.923. The summed E-state index contributed by atoms with van der Waals surface area (Å²) in [5.74, 6) is -1.72. The van der Waals surface area contributed by atoms with E-state index in [-0.39, 0.29) is 6.42 Å². The molecule has 0 fully saturated rings. The number of rotatable bonds is 7. The molecule has 0 aliphatic carbocycles. The Morgan fingerprint density at radius 3 is 2.69 bits per heavy atom. The van der Waals surface area contributed by atoms with Crippen LogP contribution in [0, 0.1) is 0 Å². The van der Waals surface area contributed by atoms with Crippen molar-refractivity contribution in [2.75, 3.05) is 6.54 Å². The van der Waals surface area contributed by atoms with Gasteiger partial charge in [-0.2, -0.15) is 0 Å². The quantitative estimate of drug-likeness (QED) is 0.630. The first-order valence-electron chi connectivity index (χ1n) is 4.83. The Balaban J connectivity index is 2.21. The summed E-state index contributed by atoms with van der Waals surface area (Å²) in [6.45, 7) is 1.20. The summed E-state index contributed by atoms with van der Waals surface area (Å²) in [5, 5.41) is 21.8. The summed E-state index contributed by atoms with van der Waals surface area (Å²) >= 11 is 1.38. The fourth-order valence-electron chi connectivity index (χ4n) is 1.16. The van der Waals surface area contributed by atoms with E-state index in [0.29, 0.717) is 25.1 Å². The van der Waals surface area contributed by atoms with E-state index in [9.17, 15) is 9.59 Å². The van der Waals surface area contributed by atoms with Crippen molar-refractivity contribution in [3.63, 3.8) is 0 Å². The third kappa shape index (κ3) is 4.41. The summed E-state index contributed by atoms with van der Waals surface area (Å²) in [7, 11) is 0. The molecule has 0 aromatic carbocycles. The molecular formula is C10H13NO4S. The minimum Gasteiger partial charge on any atom is -0.481 e. The SMILES string of the molecule is O=C(O)CCCNCc1cc(C(=O)O)cs1. The highest BCUT2D eigenvalue weighted by Gasteiger charge is 2.05. The first kappa shape index (κ1) is 12.7. The molecule has 0 unspecified atom stereocenters. The average Bonchev–Trinajstić information content (AvgIpc) is 2.65. The van der Waals surface area contributed by atoms with E-state index in [0.717, 1.165) is 4.88 Å². The number of aliphatic carboxylic acids is 1. The Kier molecular flexibility index (Phi) is 4.94. The van der Waals surface area contributed by atoms with E-state index in [1.807, 2.05) is 0 Å². The maximum Gasteiger partial charge on any atom is 0.336 e. The molecule has 1 heterocycles. The molecule has 6 heteroatoms. The van der Waals surface area contributed by atoms with Crippen molar-refractivity contribution in [3.8, 4) is 0 Å². The molecule has 0 saturated heterocycles. The van der Waals surface area contributed by atoms with E-state index in [4.69, 9.17) is 10.2 Å². The van der Waals surface area contributed by atoms with Crippen LogP contribution in [0.3, 0.4) is 0 Å². The maximum absolute atomic E-state index is 10.6. The van der Waals surface area contributed by atoms with E-state index < -0.39 is 11.9 Å². The van der Waals surface area contributed by atoms with Crippen LogP contribution < -0.4 is 5.32 Å². The van der Waals surface area contributed by atoms with Gasteiger partial charge in [0.05, 0.1) is 5.56 Å². The standard InChI is InChI=1S/C10H13NO4S/c12-9(13)2-1-3-11-5-8-4-7(6-16-8)10(14)15/h4,6,11H,1-3,5H2,(H,12,13)(H,14,15). The molecule has 0 radical (unpaired) electrons. The van der Waals surface area contributed by atoms with Gasteiger partial charge in [-0.05, 0) is 19.0 Å². The van der Waals surface area contributed by atoms with Gasteiger partial charge in [-0.25, -0.2) is 4.79 Å². The lowest BCUT2D eigenvalue weighted by Crippen LogP contribution is -2.15. The number of aromatic carboxylic acids is 1. The van der Waals surface area contributed by atoms with Crippen molar-refractivity contribution in [3.05, 3.63) is 21.9 Å². The van der Waals surface area contributed by atoms with E-state index in [1.54, 1.807) is 11.4 Å². The zero-order chi connectivity index (χ0) is 12.0. The molecule has 3 N–H and O–H groups in total. The second-order valence-electron chi connectivity index (χ2n) is 3.28. The molecular weight excluding hydrogens is 230 g/mol. The monoisotopic (exact) mass is 243 g/mol. The molecule has 0 aliphatic rings. The van der Waals surface area contributed by atoms with Gasteiger partial charge in [-0.3, -0.25) is 4.79 Å². The van der Waals surface area contributed by atoms with Gasteiger partial charge in [-0.15, -0.1) is 11.3 Å². The van der Waals surface area contributed by atoms with E-state index in [2.05, 4.69) is 5.32 Å². The van der Waals surface area contributed by atoms with Crippen molar-refractivity contribution in [2.24, 2.45) is 0 Å². The molecule has 88 valence electrons. The predicted octanol–water partition coefficient (Wildman–Crippen LogP) is 1.40. The van der Waals surface area contributed by atoms with Gasteiger partial charge in [0.1, 0.15) is 0 Å². The molecule has 1 rings (SSSR count). The van der Waals surface area contributed by atoms with Gasteiger partial charge >= 0.3 is 11.9 Å². The molecule has 5 nitrogen and oxygen atoms in total. The van der Waals surface area contributed by atoms with Crippen molar-refractivity contribution in [1.29, 1.82) is 0 Å². The average molecular weight is 243 g/mol. The first-order valence-corrected chi connectivity index (χ1v) is 5.71. The maximum atomic E-state index is 10.6. The summed E-state index contributed by atoms with van der Waals surface area (Å²) in [4.78, 5) is 21.7. The van der Waals surface area contributed by atoms with Gasteiger partial charge in [0, 0.05) is 23.2 Å². The number of nitrogens with one attached hydrogen (secondary N) is 1. The van der Waals surface area contributed by atoms with Crippen LogP contribution in [0.25, 0.3) is 0 Å². The van der Waals surface area contributed by atoms with Crippen molar-refractivity contribution in [2.45, 2.75) is 19.4 Å². The van der Waals surface area contributed by atoms with Crippen molar-refractivity contribution in [1.82, 2.24) is 5.32 Å². The zero-order valence-corrected chi connectivity index (χ0v) is 9.42. The minimum absolute atomic E-state index is 0.151. The van der Waals surface area contributed by atoms with Crippen LogP contribution in [0.2, 0.25) is 0 Å². The Hall–Kier alpha value is -1.40. The predicted molar refractivity (Wildman–Crippen MR) is 59.9 cm³/mol. The lowest BCUT2D eigenvalue weighted by Gasteiger charge is -2.00. The second-order valence-corrected chi connectivity index (χ2v) is 4.28. The van der Waals surface area contributed by atoms with Crippen LogP contribution in [0.4, 0.5) is 0 Å². The van der Waals surface area contributed by atoms with Crippen LogP contribution in [-0.4, -0.2) is 28.7 Å². The third-order valence-electron chi connectivity index (χ3n) is 1.94. The molecule has 0 aliphatic heterocycles. The number of carboxylic acid groups (broad SMARTS) is 2. The van der Waals surface area contributed by atoms with Crippen LogP contribution in [-0.2, 0) is 11.3 Å². The Morgan fingerprint density at radius 1 is 1.38 bits per heavy atom. The molecule has 0 spiro atoms. The van der Waals surface area contributed by atoms with Crippen LogP contribution in [0.1, 0.15) is 28.1 Å². The van der Waals surface area contributed by atoms with Gasteiger partial charge in [-0.1, -0.05) is 0 Å². The lowest BCUT2D eigenvalue weighted by atomic mass is 10.3. The summed E-state index contributed by atoms with van der Waals surface area (Å²) in [6, 6.07) is 1.62. The van der Waals surface area contributed by atoms with Crippen molar-refractivity contribution < 1.29 is 19.8 Å². The van der Waals surface area contributed by atoms with Gasteiger partial charge in [0.2, 0.25) is 0 Å². The summed E-state index contributed by atoms with van der Waals surface area (Å²) in [5.41, 5.74) is 0.298. The summed E-state index contributed by atoms with van der Waals surface area (Å²) in [6.07, 6.45) is 0.727. The van der Waals surface area contributed by atoms with E-state index >= 15 is 0 Å². The fraction of sp³-hybridized carbons (Fsp3) is 0.400. The normalized spacial score (nSPS) is 10.2. The van der Waals surface area contributed by atoms with E-state index in [1.165, 1.54) is 11.3 Å². The van der Waals surface area contributed by atoms with Gasteiger partial charge in [0.15, 0.2) is 0 Å². The largest absolute Gasteiger partial charge is 0.481 e. The molecule has 0 amide bonds. The second kappa shape index (κ2) is 6.24. The highest BCUT2D eigenvalue weighted by molar-refractivity contribution is 7.10. The number of thiophene rings is 1. The first-order chi connectivity index (χ1) is 7.59. The van der Waals surface area contributed by atoms with Crippen LogP contribution in [0.5, 0.6) is 0 Å². The molecule has 0 bridgehead atoms. The Morgan fingerprint density at radius 2 is 2.12 bits per heavy atom. The van der Waals surface area contributed by atoms with Crippen molar-refractivity contribution >= 4 is 23.3 Å². The highest BCUT2D eigenvalue weighted by atomic mass is 32.1. The molecule has 16 heavy (non-hydrogen) atoms. The zero-order valence-electron chi connectivity index (χ0n) is 8.60. The Bertz CT molecular complexity index is 375. The molecule has 1 aromatic heterocycles. The third-order valence-corrected chi connectivity index (χ3v) is 2.88. The molecule has 0 atom stereocenters. The number of carboxylic acids is 2.